The smallest absolute Gasteiger partial charge is 0.158 e. The van der Waals surface area contributed by atoms with Crippen LogP contribution in [0.25, 0.3) is 11.0 Å². The lowest BCUT2D eigenvalue weighted by Crippen LogP contribution is -2.20. The standard InChI is InChI=1S/C19H21Cl2N5/c20-16-5-1-3-13(17(16)21)11-25-9-6-14(12-25)18-15-4-2-8-23-19(15)26(24-18)10-7-22/h1-5,8,14H,6-7,9-12,22H2/t14-/m0/s1. The van der Waals surface area contributed by atoms with Crippen LogP contribution in [0.4, 0.5) is 0 Å². The van der Waals surface area contributed by atoms with Crippen molar-refractivity contribution in [1.82, 2.24) is 19.7 Å². The first-order valence-electron chi connectivity index (χ1n) is 8.84. The van der Waals surface area contributed by atoms with Gasteiger partial charge < -0.3 is 5.73 Å². The number of aromatic nitrogens is 3. The monoisotopic (exact) mass is 389 g/mol. The Kier molecular flexibility index (Phi) is 5.14. The van der Waals surface area contributed by atoms with Crippen LogP contribution in [0, 0.1) is 0 Å². The van der Waals surface area contributed by atoms with E-state index in [-0.39, 0.29) is 0 Å². The summed E-state index contributed by atoms with van der Waals surface area (Å²) in [5.74, 6) is 0.388. The van der Waals surface area contributed by atoms with Gasteiger partial charge in [0.25, 0.3) is 0 Å². The third kappa shape index (κ3) is 3.32. The number of nitrogens with zero attached hydrogens (tertiary/aromatic N) is 4. The fraction of sp³-hybridized carbons (Fsp3) is 0.368. The molecule has 2 N–H and O–H groups in total. The van der Waals surface area contributed by atoms with E-state index in [9.17, 15) is 0 Å². The van der Waals surface area contributed by atoms with Crippen LogP contribution < -0.4 is 5.73 Å². The number of pyridine rings is 1. The molecule has 0 bridgehead atoms. The summed E-state index contributed by atoms with van der Waals surface area (Å²) in [6.45, 7) is 4.00. The topological polar surface area (TPSA) is 60.0 Å². The molecule has 1 fully saturated rings. The van der Waals surface area contributed by atoms with Crippen molar-refractivity contribution in [3.05, 3.63) is 57.8 Å². The summed E-state index contributed by atoms with van der Waals surface area (Å²) >= 11 is 12.5. The molecule has 0 spiro atoms. The lowest BCUT2D eigenvalue weighted by atomic mass is 10.0. The first kappa shape index (κ1) is 17.7. The summed E-state index contributed by atoms with van der Waals surface area (Å²) < 4.78 is 1.93. The lowest BCUT2D eigenvalue weighted by molar-refractivity contribution is 0.326. The van der Waals surface area contributed by atoms with Crippen molar-refractivity contribution in [3.63, 3.8) is 0 Å². The molecule has 1 saturated heterocycles. The molecule has 0 unspecified atom stereocenters. The van der Waals surface area contributed by atoms with Gasteiger partial charge in [-0.2, -0.15) is 5.10 Å². The third-order valence-corrected chi connectivity index (χ3v) is 5.82. The highest BCUT2D eigenvalue weighted by Crippen LogP contribution is 2.33. The lowest BCUT2D eigenvalue weighted by Gasteiger charge is -2.17. The van der Waals surface area contributed by atoms with Crippen LogP contribution in [-0.4, -0.2) is 39.3 Å². The van der Waals surface area contributed by atoms with Crippen LogP contribution >= 0.6 is 23.2 Å². The van der Waals surface area contributed by atoms with Gasteiger partial charge in [-0.25, -0.2) is 9.67 Å². The second-order valence-electron chi connectivity index (χ2n) is 6.71. The van der Waals surface area contributed by atoms with Crippen molar-refractivity contribution >= 4 is 34.2 Å². The fourth-order valence-electron chi connectivity index (χ4n) is 3.72. The molecule has 1 atom stereocenters. The van der Waals surface area contributed by atoms with Gasteiger partial charge in [-0.3, -0.25) is 4.90 Å². The molecule has 136 valence electrons. The Morgan fingerprint density at radius 3 is 2.92 bits per heavy atom. The molecule has 7 heteroatoms. The van der Waals surface area contributed by atoms with Crippen molar-refractivity contribution in [2.75, 3.05) is 19.6 Å². The zero-order valence-electron chi connectivity index (χ0n) is 14.4. The van der Waals surface area contributed by atoms with E-state index in [4.69, 9.17) is 34.0 Å². The first-order chi connectivity index (χ1) is 12.7. The van der Waals surface area contributed by atoms with Crippen LogP contribution in [0.2, 0.25) is 10.0 Å². The van der Waals surface area contributed by atoms with E-state index in [1.807, 2.05) is 35.1 Å². The number of likely N-dealkylation sites (tertiary alicyclic amines) is 1. The summed E-state index contributed by atoms with van der Waals surface area (Å²) in [5.41, 5.74) is 8.84. The van der Waals surface area contributed by atoms with Gasteiger partial charge in [0.2, 0.25) is 0 Å². The zero-order chi connectivity index (χ0) is 18.1. The van der Waals surface area contributed by atoms with Crippen LogP contribution in [0.5, 0.6) is 0 Å². The summed E-state index contributed by atoms with van der Waals surface area (Å²) in [4.78, 5) is 6.91. The number of nitrogens with two attached hydrogens (primary N) is 1. The van der Waals surface area contributed by atoms with Crippen molar-refractivity contribution in [3.8, 4) is 0 Å². The zero-order valence-corrected chi connectivity index (χ0v) is 15.9. The fourth-order valence-corrected chi connectivity index (χ4v) is 4.10. The van der Waals surface area contributed by atoms with E-state index < -0.39 is 0 Å². The predicted octanol–water partition coefficient (Wildman–Crippen LogP) is 3.69. The molecule has 5 nitrogen and oxygen atoms in total. The quantitative estimate of drug-likeness (QED) is 0.722. The molecule has 2 aromatic heterocycles. The molecule has 1 aliphatic rings. The molecule has 3 heterocycles. The molecule has 0 saturated carbocycles. The minimum Gasteiger partial charge on any atom is -0.329 e. The maximum absolute atomic E-state index is 6.35. The maximum Gasteiger partial charge on any atom is 0.158 e. The highest BCUT2D eigenvalue weighted by Gasteiger charge is 2.28. The van der Waals surface area contributed by atoms with Gasteiger partial charge in [-0.05, 0) is 36.7 Å². The van der Waals surface area contributed by atoms with Crippen LogP contribution in [-0.2, 0) is 13.1 Å². The van der Waals surface area contributed by atoms with Gasteiger partial charge in [-0.15, -0.1) is 0 Å². The Morgan fingerprint density at radius 2 is 2.08 bits per heavy atom. The number of halogens is 2. The van der Waals surface area contributed by atoms with Crippen LogP contribution in [0.1, 0.15) is 23.6 Å². The normalized spacial score (nSPS) is 18.0. The second kappa shape index (κ2) is 7.53. The highest BCUT2D eigenvalue weighted by atomic mass is 35.5. The maximum atomic E-state index is 6.35. The number of hydrogen-bond acceptors (Lipinski definition) is 4. The molecule has 0 radical (unpaired) electrons. The van der Waals surface area contributed by atoms with Crippen molar-refractivity contribution < 1.29 is 0 Å². The summed E-state index contributed by atoms with van der Waals surface area (Å²) in [6, 6.07) is 9.89. The van der Waals surface area contributed by atoms with Gasteiger partial charge in [0.15, 0.2) is 5.65 Å². The molecule has 26 heavy (non-hydrogen) atoms. The number of rotatable bonds is 5. The summed E-state index contributed by atoms with van der Waals surface area (Å²) in [7, 11) is 0. The predicted molar refractivity (Wildman–Crippen MR) is 106 cm³/mol. The summed E-state index contributed by atoms with van der Waals surface area (Å²) in [6.07, 6.45) is 2.88. The highest BCUT2D eigenvalue weighted by molar-refractivity contribution is 6.42. The molecule has 3 aromatic rings. The van der Waals surface area contributed by atoms with E-state index in [2.05, 4.69) is 16.0 Å². The van der Waals surface area contributed by atoms with Crippen molar-refractivity contribution in [2.24, 2.45) is 5.73 Å². The minimum absolute atomic E-state index is 0.388. The Morgan fingerprint density at radius 1 is 1.19 bits per heavy atom. The minimum atomic E-state index is 0.388. The van der Waals surface area contributed by atoms with Gasteiger partial charge in [0.1, 0.15) is 0 Å². The molecular formula is C19H21Cl2N5. The molecule has 1 aromatic carbocycles. The first-order valence-corrected chi connectivity index (χ1v) is 9.59. The van der Waals surface area contributed by atoms with Crippen LogP contribution in [0.15, 0.2) is 36.5 Å². The molecule has 0 aliphatic carbocycles. The number of fused-ring (bicyclic) bond motifs is 1. The van der Waals surface area contributed by atoms with Gasteiger partial charge in [0.05, 0.1) is 22.3 Å². The second-order valence-corrected chi connectivity index (χ2v) is 7.49. The number of benzene rings is 1. The molecule has 0 amide bonds. The Balaban J connectivity index is 1.56. The number of hydrogen-bond donors (Lipinski definition) is 1. The molecule has 4 rings (SSSR count). The Bertz CT molecular complexity index is 923. The Hall–Kier alpha value is -1.66. The van der Waals surface area contributed by atoms with E-state index >= 15 is 0 Å². The summed E-state index contributed by atoms with van der Waals surface area (Å²) in [5, 5.41) is 7.23. The third-order valence-electron chi connectivity index (χ3n) is 4.96. The van der Waals surface area contributed by atoms with Crippen molar-refractivity contribution in [2.45, 2.75) is 25.4 Å². The molecule has 1 aliphatic heterocycles. The Labute approximate surface area is 162 Å². The van der Waals surface area contributed by atoms with Crippen molar-refractivity contribution in [1.29, 1.82) is 0 Å². The van der Waals surface area contributed by atoms with Crippen LogP contribution in [0.3, 0.4) is 0 Å². The van der Waals surface area contributed by atoms with Gasteiger partial charge in [0, 0.05) is 37.1 Å². The van der Waals surface area contributed by atoms with Gasteiger partial charge in [-0.1, -0.05) is 35.3 Å². The SMILES string of the molecule is NCCn1nc([C@H]2CCN(Cc3cccc(Cl)c3Cl)C2)c2cccnc21. The largest absolute Gasteiger partial charge is 0.329 e. The van der Waals surface area contributed by atoms with E-state index in [1.54, 1.807) is 0 Å². The van der Waals surface area contributed by atoms with E-state index in [0.717, 1.165) is 48.3 Å². The average molecular weight is 390 g/mol. The average Bonchev–Trinajstić information content (AvgIpc) is 3.24. The van der Waals surface area contributed by atoms with Gasteiger partial charge >= 0.3 is 0 Å². The van der Waals surface area contributed by atoms with E-state index in [1.165, 1.54) is 0 Å². The molecular weight excluding hydrogens is 369 g/mol. The van der Waals surface area contributed by atoms with E-state index in [0.29, 0.717) is 29.1 Å².